The molecular weight excluding hydrogens is 360 g/mol. The summed E-state index contributed by atoms with van der Waals surface area (Å²) in [4.78, 5) is 26.5. The van der Waals surface area contributed by atoms with E-state index in [2.05, 4.69) is 50.1 Å². The number of benzene rings is 1. The van der Waals surface area contributed by atoms with Crippen molar-refractivity contribution in [3.05, 3.63) is 59.7 Å². The summed E-state index contributed by atoms with van der Waals surface area (Å²) in [6.45, 7) is 4.74. The average molecular weight is 391 g/mol. The van der Waals surface area contributed by atoms with Gasteiger partial charge in [-0.05, 0) is 50.0 Å². The Bertz CT molecular complexity index is 853. The summed E-state index contributed by atoms with van der Waals surface area (Å²) in [6.07, 6.45) is 9.61. The maximum absolute atomic E-state index is 13.0. The molecule has 1 amide bonds. The van der Waals surface area contributed by atoms with Crippen LogP contribution in [0.5, 0.6) is 0 Å². The average Bonchev–Trinajstić information content (AvgIpc) is 2.75. The van der Waals surface area contributed by atoms with Crippen molar-refractivity contribution in [2.24, 2.45) is 11.8 Å². The maximum atomic E-state index is 13.0. The van der Waals surface area contributed by atoms with Gasteiger partial charge >= 0.3 is 0 Å². The number of carbonyl (C=O) groups is 1. The summed E-state index contributed by atoms with van der Waals surface area (Å²) in [5.74, 6) is 1.21. The van der Waals surface area contributed by atoms with Crippen molar-refractivity contribution in [1.82, 2.24) is 19.8 Å². The first kappa shape index (κ1) is 18.7. The fourth-order valence-electron chi connectivity index (χ4n) is 5.85. The van der Waals surface area contributed by atoms with Gasteiger partial charge in [-0.1, -0.05) is 36.8 Å². The highest BCUT2D eigenvalue weighted by Gasteiger charge is 2.45. The van der Waals surface area contributed by atoms with Crippen LogP contribution in [0.15, 0.2) is 42.7 Å². The molecular formula is C24H30N4O. The molecule has 152 valence electrons. The van der Waals surface area contributed by atoms with E-state index in [0.717, 1.165) is 31.7 Å². The summed E-state index contributed by atoms with van der Waals surface area (Å²) in [7, 11) is 0. The molecule has 3 aliphatic heterocycles. The van der Waals surface area contributed by atoms with Crippen LogP contribution in [-0.2, 0) is 6.42 Å². The van der Waals surface area contributed by atoms with Gasteiger partial charge in [0, 0.05) is 37.9 Å². The Hall–Kier alpha value is -2.27. The van der Waals surface area contributed by atoms with E-state index in [-0.39, 0.29) is 5.91 Å². The third kappa shape index (κ3) is 3.80. The molecule has 4 heterocycles. The van der Waals surface area contributed by atoms with Crippen LogP contribution in [0, 0.1) is 18.8 Å². The lowest BCUT2D eigenvalue weighted by molar-refractivity contribution is -0.0499. The summed E-state index contributed by atoms with van der Waals surface area (Å²) in [5.41, 5.74) is 2.78. The number of rotatable bonds is 3. The van der Waals surface area contributed by atoms with Crippen molar-refractivity contribution < 1.29 is 4.79 Å². The molecule has 29 heavy (non-hydrogen) atoms. The Morgan fingerprint density at radius 2 is 1.93 bits per heavy atom. The predicted octanol–water partition coefficient (Wildman–Crippen LogP) is 3.34. The minimum Gasteiger partial charge on any atom is -0.337 e. The normalized spacial score (nSPS) is 29.3. The Balaban J connectivity index is 1.30. The van der Waals surface area contributed by atoms with E-state index >= 15 is 0 Å². The van der Waals surface area contributed by atoms with Crippen LogP contribution in [0.1, 0.15) is 47.4 Å². The number of piperidine rings is 3. The molecule has 0 radical (unpaired) electrons. The second-order valence-corrected chi connectivity index (χ2v) is 9.15. The van der Waals surface area contributed by atoms with Crippen molar-refractivity contribution in [3.63, 3.8) is 0 Å². The molecule has 2 aromatic rings. The van der Waals surface area contributed by atoms with Crippen molar-refractivity contribution in [3.8, 4) is 0 Å². The Morgan fingerprint density at radius 1 is 1.07 bits per heavy atom. The van der Waals surface area contributed by atoms with E-state index in [9.17, 15) is 4.79 Å². The third-order valence-corrected chi connectivity index (χ3v) is 7.12. The number of aromatic nitrogens is 2. The first-order chi connectivity index (χ1) is 14.2. The lowest BCUT2D eigenvalue weighted by Crippen LogP contribution is -2.62. The Morgan fingerprint density at radius 3 is 2.72 bits per heavy atom. The van der Waals surface area contributed by atoms with Gasteiger partial charge in [0.15, 0.2) is 0 Å². The van der Waals surface area contributed by atoms with Crippen LogP contribution in [0.25, 0.3) is 0 Å². The molecule has 0 aliphatic carbocycles. The standard InChI is InChI=1S/C24H30N4O/c1-17-12-26-22(13-25-17)24(29)27-14-19-10-20(16-27)23-9-5-8-21(28(23)15-19)11-18-6-3-2-4-7-18/h2-4,6-7,12-13,19-21,23H,5,8-11,14-16H2,1H3/t19-,20+,21+,23-/m0/s1. The van der Waals surface area contributed by atoms with E-state index in [0.29, 0.717) is 29.6 Å². The molecule has 5 rings (SSSR count). The van der Waals surface area contributed by atoms with Gasteiger partial charge in [0.05, 0.1) is 11.9 Å². The van der Waals surface area contributed by atoms with Gasteiger partial charge in [-0.3, -0.25) is 14.7 Å². The molecule has 3 aliphatic rings. The van der Waals surface area contributed by atoms with Crippen molar-refractivity contribution in [1.29, 1.82) is 0 Å². The summed E-state index contributed by atoms with van der Waals surface area (Å²) in [6, 6.07) is 12.2. The third-order valence-electron chi connectivity index (χ3n) is 7.12. The van der Waals surface area contributed by atoms with Gasteiger partial charge in [0.2, 0.25) is 0 Å². The number of amides is 1. The van der Waals surface area contributed by atoms with E-state index in [1.54, 1.807) is 12.4 Å². The zero-order valence-electron chi connectivity index (χ0n) is 17.2. The number of carbonyl (C=O) groups excluding carboxylic acids is 1. The lowest BCUT2D eigenvalue weighted by Gasteiger charge is -2.55. The smallest absolute Gasteiger partial charge is 0.274 e. The summed E-state index contributed by atoms with van der Waals surface area (Å²) in [5, 5.41) is 0. The number of likely N-dealkylation sites (tertiary alicyclic amines) is 1. The van der Waals surface area contributed by atoms with Crippen LogP contribution >= 0.6 is 0 Å². The van der Waals surface area contributed by atoms with Crippen LogP contribution in [0.4, 0.5) is 0 Å². The highest BCUT2D eigenvalue weighted by Crippen LogP contribution is 2.40. The van der Waals surface area contributed by atoms with Gasteiger partial charge in [-0.2, -0.15) is 0 Å². The van der Waals surface area contributed by atoms with Crippen LogP contribution in [-0.4, -0.2) is 57.4 Å². The van der Waals surface area contributed by atoms with E-state index < -0.39 is 0 Å². The minimum atomic E-state index is 0.0531. The van der Waals surface area contributed by atoms with Crippen LogP contribution in [0.3, 0.4) is 0 Å². The topological polar surface area (TPSA) is 49.3 Å². The maximum Gasteiger partial charge on any atom is 0.274 e. The molecule has 1 aromatic carbocycles. The van der Waals surface area contributed by atoms with Crippen LogP contribution < -0.4 is 0 Å². The summed E-state index contributed by atoms with van der Waals surface area (Å²) >= 11 is 0. The van der Waals surface area contributed by atoms with Crippen LogP contribution in [0.2, 0.25) is 0 Å². The molecule has 1 aromatic heterocycles. The largest absolute Gasteiger partial charge is 0.337 e. The van der Waals surface area contributed by atoms with Gasteiger partial charge in [0.25, 0.3) is 5.91 Å². The second-order valence-electron chi connectivity index (χ2n) is 9.15. The molecule has 3 fully saturated rings. The van der Waals surface area contributed by atoms with Crippen molar-refractivity contribution in [2.75, 3.05) is 19.6 Å². The fourth-order valence-corrected chi connectivity index (χ4v) is 5.85. The van der Waals surface area contributed by atoms with Gasteiger partial charge in [-0.25, -0.2) is 4.98 Å². The van der Waals surface area contributed by atoms with Gasteiger partial charge in [-0.15, -0.1) is 0 Å². The van der Waals surface area contributed by atoms with Gasteiger partial charge < -0.3 is 4.90 Å². The molecule has 2 bridgehead atoms. The minimum absolute atomic E-state index is 0.0531. The Labute approximate surface area is 173 Å². The van der Waals surface area contributed by atoms with Crippen molar-refractivity contribution >= 4 is 5.91 Å². The zero-order chi connectivity index (χ0) is 19.8. The molecule has 0 saturated carbocycles. The lowest BCUT2D eigenvalue weighted by atomic mass is 9.74. The number of aryl methyl sites for hydroxylation is 1. The number of nitrogens with zero attached hydrogens (tertiary/aromatic N) is 4. The van der Waals surface area contributed by atoms with E-state index in [1.807, 2.05) is 6.92 Å². The summed E-state index contributed by atoms with van der Waals surface area (Å²) < 4.78 is 0. The molecule has 0 unspecified atom stereocenters. The zero-order valence-corrected chi connectivity index (χ0v) is 17.2. The molecule has 4 atom stereocenters. The molecule has 0 N–H and O–H groups in total. The molecule has 3 saturated heterocycles. The molecule has 0 spiro atoms. The SMILES string of the molecule is Cc1cnc(C(=O)N2C[C@@H]3C[C@H](C2)[C@@H]2CCC[C@H](Cc4ccccc4)N2C3)cn1. The predicted molar refractivity (Wildman–Crippen MR) is 113 cm³/mol. The van der Waals surface area contributed by atoms with Crippen molar-refractivity contribution in [2.45, 2.75) is 51.1 Å². The highest BCUT2D eigenvalue weighted by molar-refractivity contribution is 5.92. The molecule has 5 heteroatoms. The monoisotopic (exact) mass is 390 g/mol. The Kier molecular flexibility index (Phi) is 5.08. The first-order valence-electron chi connectivity index (χ1n) is 11.0. The first-order valence-corrected chi connectivity index (χ1v) is 11.0. The highest BCUT2D eigenvalue weighted by atomic mass is 16.2. The van der Waals surface area contributed by atoms with E-state index in [4.69, 9.17) is 0 Å². The number of hydrogen-bond acceptors (Lipinski definition) is 4. The van der Waals surface area contributed by atoms with E-state index in [1.165, 1.54) is 31.2 Å². The second kappa shape index (κ2) is 7.86. The fraction of sp³-hybridized carbons (Fsp3) is 0.542. The molecule has 5 nitrogen and oxygen atoms in total. The van der Waals surface area contributed by atoms with Gasteiger partial charge in [0.1, 0.15) is 5.69 Å². The quantitative estimate of drug-likeness (QED) is 0.807. The number of hydrogen-bond donors (Lipinski definition) is 0. The number of fused-ring (bicyclic) bond motifs is 4.